The lowest BCUT2D eigenvalue weighted by Gasteiger charge is -2.16. The molecule has 3 aromatic carbocycles. The van der Waals surface area contributed by atoms with Gasteiger partial charge < -0.3 is 0 Å². The minimum atomic E-state index is -1.07. The highest BCUT2D eigenvalue weighted by Crippen LogP contribution is 2.25. The van der Waals surface area contributed by atoms with Gasteiger partial charge in [0, 0.05) is 8.07 Å². The van der Waals surface area contributed by atoms with Crippen molar-refractivity contribution in [2.75, 3.05) is 0 Å². The summed E-state index contributed by atoms with van der Waals surface area (Å²) in [5, 5.41) is 11.5. The van der Waals surface area contributed by atoms with Crippen LogP contribution in [-0.4, -0.2) is 8.07 Å². The highest BCUT2D eigenvalue weighted by atomic mass is 28.3. The average molecular weight is 330 g/mol. The quantitative estimate of drug-likeness (QED) is 0.561. The van der Waals surface area contributed by atoms with E-state index in [1.165, 1.54) is 28.1 Å². The van der Waals surface area contributed by atoms with E-state index in [-0.39, 0.29) is 0 Å². The van der Waals surface area contributed by atoms with Gasteiger partial charge in [-0.2, -0.15) is 5.26 Å². The number of hydrogen-bond donors (Lipinski definition) is 0. The van der Waals surface area contributed by atoms with E-state index in [4.69, 9.17) is 0 Å². The van der Waals surface area contributed by atoms with E-state index in [1.54, 1.807) is 0 Å². The largest absolute Gasteiger partial charge is 0.192 e. The summed E-state index contributed by atoms with van der Waals surface area (Å²) in [6.07, 6.45) is 0.902. The van der Waals surface area contributed by atoms with Crippen molar-refractivity contribution < 1.29 is 0 Å². The van der Waals surface area contributed by atoms with E-state index >= 15 is 0 Å². The van der Waals surface area contributed by atoms with Crippen molar-refractivity contribution in [2.45, 2.75) is 32.1 Å². The molecule has 0 radical (unpaired) electrons. The molecule has 0 bridgehead atoms. The fraction of sp³-hybridized carbons (Fsp3) is 0.227. The van der Waals surface area contributed by atoms with Gasteiger partial charge in [-0.25, -0.2) is 0 Å². The Hall–Kier alpha value is -2.37. The number of benzene rings is 3. The first-order valence-electron chi connectivity index (χ1n) is 8.45. The standard InChI is InChI=1S/C22H23NSi/c1-24(2,3)16-18-10-8-17(9-11-18)14-19-12-13-20(15-23)22-7-5-4-6-21(19)22/h4-13H,14,16H2,1-3H3. The Balaban J connectivity index is 1.89. The van der Waals surface area contributed by atoms with Gasteiger partial charge in [0.25, 0.3) is 0 Å². The second-order valence-corrected chi connectivity index (χ2v) is 13.1. The molecular weight excluding hydrogens is 306 g/mol. The number of nitriles is 1. The van der Waals surface area contributed by atoms with Gasteiger partial charge in [-0.3, -0.25) is 0 Å². The first kappa shape index (κ1) is 16.5. The Bertz CT molecular complexity index is 896. The lowest BCUT2D eigenvalue weighted by molar-refractivity contribution is 1.19. The van der Waals surface area contributed by atoms with E-state index in [2.05, 4.69) is 62.1 Å². The average Bonchev–Trinajstić information content (AvgIpc) is 2.55. The van der Waals surface area contributed by atoms with Gasteiger partial charge in [0.15, 0.2) is 0 Å². The number of fused-ring (bicyclic) bond motifs is 1. The molecule has 0 aliphatic rings. The molecule has 0 aromatic heterocycles. The highest BCUT2D eigenvalue weighted by Gasteiger charge is 2.13. The van der Waals surface area contributed by atoms with Gasteiger partial charge >= 0.3 is 0 Å². The molecule has 120 valence electrons. The van der Waals surface area contributed by atoms with E-state index in [1.807, 2.05) is 24.3 Å². The summed E-state index contributed by atoms with van der Waals surface area (Å²) >= 11 is 0. The summed E-state index contributed by atoms with van der Waals surface area (Å²) in [5.41, 5.74) is 4.80. The monoisotopic (exact) mass is 329 g/mol. The van der Waals surface area contributed by atoms with Crippen LogP contribution < -0.4 is 0 Å². The van der Waals surface area contributed by atoms with E-state index in [0.717, 1.165) is 17.4 Å². The predicted molar refractivity (Wildman–Crippen MR) is 105 cm³/mol. The van der Waals surface area contributed by atoms with Crippen LogP contribution in [0.1, 0.15) is 22.3 Å². The van der Waals surface area contributed by atoms with Crippen molar-refractivity contribution >= 4 is 18.8 Å². The number of hydrogen-bond acceptors (Lipinski definition) is 1. The van der Waals surface area contributed by atoms with Crippen molar-refractivity contribution in [1.29, 1.82) is 5.26 Å². The van der Waals surface area contributed by atoms with Crippen molar-refractivity contribution in [3.8, 4) is 6.07 Å². The molecule has 0 spiro atoms. The molecule has 0 N–H and O–H groups in total. The summed E-state index contributed by atoms with van der Waals surface area (Å²) in [6.45, 7) is 7.22. The molecule has 3 rings (SSSR count). The summed E-state index contributed by atoms with van der Waals surface area (Å²) < 4.78 is 0. The Morgan fingerprint density at radius 1 is 0.792 bits per heavy atom. The van der Waals surface area contributed by atoms with Crippen LogP contribution in [-0.2, 0) is 12.5 Å². The van der Waals surface area contributed by atoms with Gasteiger partial charge in [0.2, 0.25) is 0 Å². The van der Waals surface area contributed by atoms with Gasteiger partial charge in [0.05, 0.1) is 11.6 Å². The molecule has 0 heterocycles. The second-order valence-electron chi connectivity index (χ2n) is 7.66. The minimum absolute atomic E-state index is 0.750. The lowest BCUT2D eigenvalue weighted by atomic mass is 9.95. The molecule has 0 unspecified atom stereocenters. The van der Waals surface area contributed by atoms with E-state index < -0.39 is 8.07 Å². The molecular formula is C22H23NSi. The van der Waals surface area contributed by atoms with Crippen molar-refractivity contribution in [3.63, 3.8) is 0 Å². The smallest absolute Gasteiger partial charge is 0.0998 e. The van der Waals surface area contributed by atoms with Gasteiger partial charge in [-0.05, 0) is 40.4 Å². The van der Waals surface area contributed by atoms with Crippen LogP contribution in [0.5, 0.6) is 0 Å². The maximum Gasteiger partial charge on any atom is 0.0998 e. The van der Waals surface area contributed by atoms with Crippen LogP contribution >= 0.6 is 0 Å². The van der Waals surface area contributed by atoms with E-state index in [0.29, 0.717) is 0 Å². The summed E-state index contributed by atoms with van der Waals surface area (Å²) in [5.74, 6) is 0. The molecule has 0 aliphatic heterocycles. The van der Waals surface area contributed by atoms with Gasteiger partial charge in [-0.1, -0.05) is 79.8 Å². The predicted octanol–water partition coefficient (Wildman–Crippen LogP) is 5.72. The minimum Gasteiger partial charge on any atom is -0.192 e. The molecule has 24 heavy (non-hydrogen) atoms. The second kappa shape index (κ2) is 6.63. The third-order valence-corrected chi connectivity index (χ3v) is 5.76. The first-order chi connectivity index (χ1) is 11.5. The van der Waals surface area contributed by atoms with Crippen LogP contribution in [0.4, 0.5) is 0 Å². The maximum absolute atomic E-state index is 9.29. The fourth-order valence-corrected chi connectivity index (χ4v) is 4.68. The maximum atomic E-state index is 9.29. The molecule has 0 aliphatic carbocycles. The Morgan fingerprint density at radius 3 is 2.04 bits per heavy atom. The van der Waals surface area contributed by atoms with Crippen LogP contribution in [0.2, 0.25) is 19.6 Å². The molecule has 0 saturated carbocycles. The van der Waals surface area contributed by atoms with Crippen LogP contribution in [0, 0.1) is 11.3 Å². The zero-order chi connectivity index (χ0) is 17.2. The van der Waals surface area contributed by atoms with Crippen LogP contribution in [0.15, 0.2) is 60.7 Å². The zero-order valence-electron chi connectivity index (χ0n) is 14.6. The Kier molecular flexibility index (Phi) is 4.55. The van der Waals surface area contributed by atoms with Crippen LogP contribution in [0.3, 0.4) is 0 Å². The Morgan fingerprint density at radius 2 is 1.42 bits per heavy atom. The molecule has 0 amide bonds. The molecule has 1 nitrogen and oxygen atoms in total. The third-order valence-electron chi connectivity index (χ3n) is 4.29. The molecule has 2 heteroatoms. The molecule has 3 aromatic rings. The van der Waals surface area contributed by atoms with E-state index in [9.17, 15) is 5.26 Å². The molecule has 0 saturated heterocycles. The molecule has 0 atom stereocenters. The van der Waals surface area contributed by atoms with Gasteiger partial charge in [0.1, 0.15) is 0 Å². The summed E-state index contributed by atoms with van der Waals surface area (Å²) in [7, 11) is -1.07. The van der Waals surface area contributed by atoms with Crippen LogP contribution in [0.25, 0.3) is 10.8 Å². The Labute approximate surface area is 145 Å². The van der Waals surface area contributed by atoms with Crippen molar-refractivity contribution in [2.24, 2.45) is 0 Å². The first-order valence-corrected chi connectivity index (χ1v) is 12.2. The summed E-state index contributed by atoms with van der Waals surface area (Å²) in [4.78, 5) is 0. The highest BCUT2D eigenvalue weighted by molar-refractivity contribution is 6.75. The normalized spacial score (nSPS) is 11.4. The topological polar surface area (TPSA) is 23.8 Å². The lowest BCUT2D eigenvalue weighted by Crippen LogP contribution is -2.23. The number of rotatable bonds is 4. The SMILES string of the molecule is C[Si](C)(C)Cc1ccc(Cc2ccc(C#N)c3ccccc23)cc1. The zero-order valence-corrected chi connectivity index (χ0v) is 15.6. The van der Waals surface area contributed by atoms with Crippen molar-refractivity contribution in [1.82, 2.24) is 0 Å². The molecule has 0 fully saturated rings. The van der Waals surface area contributed by atoms with Gasteiger partial charge in [-0.15, -0.1) is 0 Å². The summed E-state index contributed by atoms with van der Waals surface area (Å²) in [6, 6.07) is 24.8. The van der Waals surface area contributed by atoms with Crippen molar-refractivity contribution in [3.05, 3.63) is 82.9 Å². The fourth-order valence-electron chi connectivity index (χ4n) is 3.22. The third kappa shape index (κ3) is 3.75. The number of nitrogens with zero attached hydrogens (tertiary/aromatic N) is 1.